The monoisotopic (exact) mass is 264 g/mol. The van der Waals surface area contributed by atoms with Gasteiger partial charge in [-0.25, -0.2) is 0 Å². The molecule has 0 aromatic rings. The summed E-state index contributed by atoms with van der Waals surface area (Å²) in [6.45, 7) is 3.34. The Balaban J connectivity index is 2.36. The molecule has 6 heteroatoms. The quantitative estimate of drug-likeness (QED) is 0.742. The highest BCUT2D eigenvalue weighted by molar-refractivity contribution is 8.77. The third-order valence-corrected chi connectivity index (χ3v) is 5.78. The van der Waals surface area contributed by atoms with Gasteiger partial charge in [0.15, 0.2) is 0 Å². The van der Waals surface area contributed by atoms with Gasteiger partial charge in [-0.1, -0.05) is 21.6 Å². The van der Waals surface area contributed by atoms with Crippen LogP contribution in [-0.4, -0.2) is 73.5 Å². The molecule has 1 heterocycles. The van der Waals surface area contributed by atoms with E-state index in [0.717, 1.165) is 6.54 Å². The van der Waals surface area contributed by atoms with E-state index in [-0.39, 0.29) is 0 Å². The smallest absolute Gasteiger partial charge is 0.120 e. The summed E-state index contributed by atoms with van der Waals surface area (Å²) >= 11 is 0. The average molecular weight is 264 g/mol. The fourth-order valence-electron chi connectivity index (χ4n) is 1.39. The first-order valence-electron chi connectivity index (χ1n) is 5.53. The Bertz CT molecular complexity index is 213. The first-order valence-corrected chi connectivity index (χ1v) is 7.80. The molecule has 0 saturated carbocycles. The Morgan fingerprint density at radius 3 is 2.06 bits per heavy atom. The molecule has 0 radical (unpaired) electrons. The van der Waals surface area contributed by atoms with Crippen LogP contribution < -0.4 is 5.32 Å². The second-order valence-electron chi connectivity index (χ2n) is 4.78. The molecular weight excluding hydrogens is 240 g/mol. The van der Waals surface area contributed by atoms with Gasteiger partial charge in [-0.3, -0.25) is 15.1 Å². The summed E-state index contributed by atoms with van der Waals surface area (Å²) < 4.78 is 0. The van der Waals surface area contributed by atoms with Gasteiger partial charge in [-0.2, -0.15) is 0 Å². The van der Waals surface area contributed by atoms with E-state index < -0.39 is 0 Å². The van der Waals surface area contributed by atoms with Crippen molar-refractivity contribution in [3.8, 4) is 0 Å². The van der Waals surface area contributed by atoms with Crippen LogP contribution in [0.15, 0.2) is 0 Å². The van der Waals surface area contributed by atoms with Crippen molar-refractivity contribution in [2.24, 2.45) is 0 Å². The van der Waals surface area contributed by atoms with Crippen LogP contribution in [0.25, 0.3) is 0 Å². The highest BCUT2D eigenvalue weighted by Gasteiger charge is 2.30. The lowest BCUT2D eigenvalue weighted by molar-refractivity contribution is 0.183. The predicted molar refractivity (Wildman–Crippen MR) is 75.4 cm³/mol. The largest absolute Gasteiger partial charge is 0.305 e. The molecule has 0 aromatic heterocycles. The van der Waals surface area contributed by atoms with E-state index in [9.17, 15) is 0 Å². The van der Waals surface area contributed by atoms with E-state index >= 15 is 0 Å². The maximum Gasteiger partial charge on any atom is 0.120 e. The summed E-state index contributed by atoms with van der Waals surface area (Å²) in [5, 5.41) is 3.59. The van der Waals surface area contributed by atoms with E-state index in [4.69, 9.17) is 0 Å². The lowest BCUT2D eigenvalue weighted by atomic mass is 10.3. The van der Waals surface area contributed by atoms with Crippen molar-refractivity contribution < 1.29 is 0 Å². The van der Waals surface area contributed by atoms with Crippen LogP contribution in [0.3, 0.4) is 0 Å². The Hall–Kier alpha value is 0.540. The fraction of sp³-hybridized carbons (Fsp3) is 1.00. The molecule has 96 valence electrons. The lowest BCUT2D eigenvalue weighted by Gasteiger charge is -2.30. The molecule has 0 spiro atoms. The Labute approximate surface area is 107 Å². The maximum atomic E-state index is 3.59. The molecular formula is C10H24N4S2. The van der Waals surface area contributed by atoms with Crippen LogP contribution in [-0.2, 0) is 0 Å². The van der Waals surface area contributed by atoms with Gasteiger partial charge in [0, 0.05) is 12.6 Å². The highest BCUT2D eigenvalue weighted by atomic mass is 33.1. The third kappa shape index (κ3) is 4.09. The molecule has 4 nitrogen and oxygen atoms in total. The van der Waals surface area contributed by atoms with Gasteiger partial charge in [0.1, 0.15) is 11.0 Å². The molecule has 1 N–H and O–H groups in total. The van der Waals surface area contributed by atoms with Crippen molar-refractivity contribution in [3.05, 3.63) is 0 Å². The normalized spacial score (nSPS) is 28.3. The summed E-state index contributed by atoms with van der Waals surface area (Å²) in [6, 6.07) is 0.579. The van der Waals surface area contributed by atoms with E-state index in [0.29, 0.717) is 17.0 Å². The summed E-state index contributed by atoms with van der Waals surface area (Å²) in [7, 11) is 14.5. The lowest BCUT2D eigenvalue weighted by Crippen LogP contribution is -2.48. The van der Waals surface area contributed by atoms with E-state index in [1.807, 2.05) is 21.6 Å². The van der Waals surface area contributed by atoms with Crippen molar-refractivity contribution >= 4 is 21.6 Å². The fourth-order valence-corrected chi connectivity index (χ4v) is 4.39. The molecule has 16 heavy (non-hydrogen) atoms. The molecule has 0 aromatic carbocycles. The van der Waals surface area contributed by atoms with Crippen LogP contribution in [0.2, 0.25) is 0 Å². The minimum atomic E-state index is 0.416. The standard InChI is InChI=1S/C10H24N4S2/c1-8(12(2)3)7-14(6)10-11-9(13(4)5)15-16-10/h8-11H,7H2,1-6H3. The summed E-state index contributed by atoms with van der Waals surface area (Å²) in [4.78, 5) is 6.85. The molecule has 1 aliphatic rings. The summed E-state index contributed by atoms with van der Waals surface area (Å²) in [5.74, 6) is 0. The Kier molecular flexibility index (Phi) is 5.90. The van der Waals surface area contributed by atoms with Crippen LogP contribution in [0.4, 0.5) is 0 Å². The van der Waals surface area contributed by atoms with Crippen molar-refractivity contribution in [1.82, 2.24) is 20.0 Å². The molecule has 0 amide bonds. The summed E-state index contributed by atoms with van der Waals surface area (Å²) in [6.07, 6.45) is 0. The molecule has 1 rings (SSSR count). The number of hydrogen-bond acceptors (Lipinski definition) is 6. The zero-order valence-corrected chi connectivity index (χ0v) is 12.7. The minimum Gasteiger partial charge on any atom is -0.305 e. The Morgan fingerprint density at radius 1 is 1.06 bits per heavy atom. The number of nitrogens with one attached hydrogen (secondary N) is 1. The topological polar surface area (TPSA) is 21.8 Å². The van der Waals surface area contributed by atoms with Gasteiger partial charge in [-0.05, 0) is 42.2 Å². The molecule has 1 aliphatic heterocycles. The second kappa shape index (κ2) is 6.47. The van der Waals surface area contributed by atoms with Gasteiger partial charge >= 0.3 is 0 Å². The molecule has 0 bridgehead atoms. The van der Waals surface area contributed by atoms with Crippen LogP contribution in [0, 0.1) is 0 Å². The third-order valence-electron chi connectivity index (χ3n) is 2.83. The van der Waals surface area contributed by atoms with Gasteiger partial charge in [0.25, 0.3) is 0 Å². The average Bonchev–Trinajstić information content (AvgIpc) is 2.65. The van der Waals surface area contributed by atoms with Gasteiger partial charge in [0.2, 0.25) is 0 Å². The number of likely N-dealkylation sites (N-methyl/N-ethyl adjacent to an activating group) is 2. The Morgan fingerprint density at radius 2 is 1.62 bits per heavy atom. The van der Waals surface area contributed by atoms with Crippen LogP contribution in [0.1, 0.15) is 6.92 Å². The maximum absolute atomic E-state index is 3.59. The first-order chi connectivity index (χ1) is 7.41. The second-order valence-corrected chi connectivity index (χ2v) is 7.21. The highest BCUT2D eigenvalue weighted by Crippen LogP contribution is 2.38. The van der Waals surface area contributed by atoms with E-state index in [1.54, 1.807) is 0 Å². The van der Waals surface area contributed by atoms with Crippen LogP contribution in [0.5, 0.6) is 0 Å². The molecule has 3 unspecified atom stereocenters. The van der Waals surface area contributed by atoms with Crippen molar-refractivity contribution in [2.75, 3.05) is 41.8 Å². The van der Waals surface area contributed by atoms with Gasteiger partial charge in [-0.15, -0.1) is 0 Å². The molecule has 3 atom stereocenters. The first kappa shape index (κ1) is 14.6. The molecule has 1 fully saturated rings. The van der Waals surface area contributed by atoms with Crippen molar-refractivity contribution in [3.63, 3.8) is 0 Å². The molecule has 0 aliphatic carbocycles. The predicted octanol–water partition coefficient (Wildman–Crippen LogP) is 0.982. The molecule has 1 saturated heterocycles. The number of nitrogens with zero attached hydrogens (tertiary/aromatic N) is 3. The SMILES string of the molecule is CC(CN(C)C1NC(N(C)C)SS1)N(C)C. The zero-order valence-electron chi connectivity index (χ0n) is 11.1. The van der Waals surface area contributed by atoms with Crippen molar-refractivity contribution in [1.29, 1.82) is 0 Å². The van der Waals surface area contributed by atoms with Gasteiger partial charge < -0.3 is 4.90 Å². The van der Waals surface area contributed by atoms with E-state index in [2.05, 4.69) is 62.2 Å². The summed E-state index contributed by atoms with van der Waals surface area (Å²) in [5.41, 5.74) is 0.840. The van der Waals surface area contributed by atoms with Crippen molar-refractivity contribution in [2.45, 2.75) is 24.0 Å². The van der Waals surface area contributed by atoms with Crippen LogP contribution >= 0.6 is 21.6 Å². The zero-order chi connectivity index (χ0) is 12.3. The minimum absolute atomic E-state index is 0.416. The number of hydrogen-bond donors (Lipinski definition) is 1. The number of rotatable bonds is 5. The van der Waals surface area contributed by atoms with Gasteiger partial charge in [0.05, 0.1) is 0 Å². The van der Waals surface area contributed by atoms with E-state index in [1.165, 1.54) is 0 Å².